The van der Waals surface area contributed by atoms with Gasteiger partial charge in [0.05, 0.1) is 0 Å². The molecule has 2 aromatic carbocycles. The van der Waals surface area contributed by atoms with Crippen LogP contribution in [0.15, 0.2) is 60.2 Å². The summed E-state index contributed by atoms with van der Waals surface area (Å²) in [7, 11) is -1.39. The van der Waals surface area contributed by atoms with E-state index in [0.29, 0.717) is 0 Å². The normalized spacial score (nSPS) is 23.9. The molecule has 0 heterocycles. The second-order valence-corrected chi connectivity index (χ2v) is 14.1. The van der Waals surface area contributed by atoms with Crippen LogP contribution in [-0.4, -0.2) is 8.80 Å². The maximum Gasteiger partial charge on any atom is -1.00 e. The van der Waals surface area contributed by atoms with E-state index in [-0.39, 0.29) is 40.9 Å². The van der Waals surface area contributed by atoms with E-state index < -0.39 is 8.80 Å². The molecule has 2 aliphatic rings. The molecular formula is C26H31Cl3SiTi. The van der Waals surface area contributed by atoms with Crippen molar-refractivity contribution in [2.45, 2.75) is 56.7 Å². The number of benzene rings is 2. The predicted molar refractivity (Wildman–Crippen MR) is 120 cm³/mol. The van der Waals surface area contributed by atoms with Crippen molar-refractivity contribution in [1.29, 1.82) is 0 Å². The molecule has 0 spiro atoms. The Morgan fingerprint density at radius 3 is 1.68 bits per heavy atom. The average Bonchev–Trinajstić information content (AvgIpc) is 2.85. The minimum atomic E-state index is -1.39. The fraction of sp³-hybridized carbons (Fsp3) is 0.385. The van der Waals surface area contributed by atoms with Gasteiger partial charge in [0.15, 0.2) is 0 Å². The Morgan fingerprint density at radius 1 is 0.806 bits per heavy atom. The maximum absolute atomic E-state index is 2.52. The Hall–Kier alpha value is -0.279. The molecule has 0 aliphatic heterocycles. The number of hydrogen-bond donors (Lipinski definition) is 0. The second-order valence-electron chi connectivity index (χ2n) is 9.35. The summed E-state index contributed by atoms with van der Waals surface area (Å²) in [5.41, 5.74) is 8.09. The van der Waals surface area contributed by atoms with E-state index in [0.717, 1.165) is 11.5 Å². The molecule has 3 unspecified atom stereocenters. The minimum absolute atomic E-state index is 0. The third-order valence-corrected chi connectivity index (χ3v) is 12.2. The van der Waals surface area contributed by atoms with Gasteiger partial charge in [0.1, 0.15) is 0 Å². The topological polar surface area (TPSA) is 0 Å². The number of allylic oxidation sites excluding steroid dienone is 4. The number of fused-ring (bicyclic) bond motifs is 1. The molecule has 31 heavy (non-hydrogen) atoms. The molecule has 0 nitrogen and oxygen atoms in total. The van der Waals surface area contributed by atoms with Crippen molar-refractivity contribution >= 4 is 19.2 Å². The van der Waals surface area contributed by atoms with Gasteiger partial charge in [-0.2, -0.15) is 0 Å². The zero-order chi connectivity index (χ0) is 20.1. The van der Waals surface area contributed by atoms with Crippen molar-refractivity contribution in [2.24, 2.45) is 5.92 Å². The van der Waals surface area contributed by atoms with Crippen LogP contribution in [-0.2, 0) is 20.4 Å². The largest absolute Gasteiger partial charge is 1.00 e. The Morgan fingerprint density at radius 2 is 1.26 bits per heavy atom. The Bertz CT molecular complexity index is 889. The first kappa shape index (κ1) is 28.8. The molecule has 4 rings (SSSR count). The van der Waals surface area contributed by atoms with Gasteiger partial charge in [-0.1, -0.05) is 0 Å². The average molecular weight is 526 g/mol. The fourth-order valence-corrected chi connectivity index (χ4v) is 11.7. The van der Waals surface area contributed by atoms with Gasteiger partial charge in [-0.15, -0.1) is 0 Å². The van der Waals surface area contributed by atoms with Gasteiger partial charge in [0.25, 0.3) is 0 Å². The number of aryl methyl sites for hydroxylation is 4. The van der Waals surface area contributed by atoms with Gasteiger partial charge >= 0.3 is 185 Å². The molecule has 0 bridgehead atoms. The molecule has 0 N–H and O–H groups in total. The summed E-state index contributed by atoms with van der Waals surface area (Å²) < 4.78 is 0.279. The molecule has 2 aromatic rings. The molecule has 1 fully saturated rings. The quantitative estimate of drug-likeness (QED) is 0.362. The molecule has 164 valence electrons. The van der Waals surface area contributed by atoms with Crippen LogP contribution in [0.25, 0.3) is 0 Å². The number of halogens is 3. The first-order chi connectivity index (χ1) is 13.3. The van der Waals surface area contributed by atoms with Crippen molar-refractivity contribution in [2.75, 3.05) is 0 Å². The van der Waals surface area contributed by atoms with Crippen molar-refractivity contribution in [1.82, 2.24) is 0 Å². The third-order valence-electron chi connectivity index (χ3n) is 6.76. The molecule has 0 saturated heterocycles. The summed E-state index contributed by atoms with van der Waals surface area (Å²) >= 11 is 2.52. The van der Waals surface area contributed by atoms with Crippen molar-refractivity contribution in [3.63, 3.8) is 0 Å². The standard InChI is InChI=1S/C26H31Si.3ClH.Ti/c1-17-10-18(2)13-23(12-17)27(24-14-19(3)11-20(4)15-24)26-16-22-8-6-7-9-25(22)21(26)5;;;;/h6-7,9-15,22,26-27H,8,16H2,1-5H3;3*1H;/q;;;;+3/p-3. The summed E-state index contributed by atoms with van der Waals surface area (Å²) in [5, 5.41) is 3.26. The molecule has 0 amide bonds. The molecular weight excluding hydrogens is 495 g/mol. The van der Waals surface area contributed by atoms with Gasteiger partial charge in [0.2, 0.25) is 0 Å². The van der Waals surface area contributed by atoms with Crippen LogP contribution in [0.5, 0.6) is 0 Å². The SMILES string of the molecule is Cc1cc(C)cc([SiH](c2cc(C)cc(C)c2)C2CC3CC=CC=C3[C]2(C)[Ti+3])c1.[Cl-].[Cl-].[Cl-]. The van der Waals surface area contributed by atoms with Gasteiger partial charge in [-0.05, 0) is 0 Å². The van der Waals surface area contributed by atoms with E-state index >= 15 is 0 Å². The van der Waals surface area contributed by atoms with E-state index in [2.05, 4.69) is 110 Å². The Balaban J connectivity index is 0.00000160. The first-order valence-electron chi connectivity index (χ1n) is 10.5. The van der Waals surface area contributed by atoms with Crippen molar-refractivity contribution in [3.05, 3.63) is 82.5 Å². The fourth-order valence-electron chi connectivity index (χ4n) is 5.76. The summed E-state index contributed by atoms with van der Waals surface area (Å²) in [6.45, 7) is 11.6. The number of rotatable bonds is 3. The smallest absolute Gasteiger partial charge is 1.00 e. The number of hydrogen-bond acceptors (Lipinski definition) is 0. The van der Waals surface area contributed by atoms with Gasteiger partial charge in [-0.25, -0.2) is 0 Å². The van der Waals surface area contributed by atoms with Crippen LogP contribution in [0.3, 0.4) is 0 Å². The third kappa shape index (κ3) is 5.81. The maximum atomic E-state index is 2.52. The zero-order valence-corrected chi connectivity index (χ0v) is 24.0. The van der Waals surface area contributed by atoms with E-state index in [1.54, 1.807) is 15.9 Å². The second kappa shape index (κ2) is 11.2. The Labute approximate surface area is 220 Å². The van der Waals surface area contributed by atoms with Gasteiger partial charge < -0.3 is 37.2 Å². The van der Waals surface area contributed by atoms with Crippen LogP contribution >= 0.6 is 0 Å². The van der Waals surface area contributed by atoms with Crippen LogP contribution in [0.4, 0.5) is 0 Å². The van der Waals surface area contributed by atoms with Crippen LogP contribution in [0.2, 0.25) is 9.26 Å². The molecule has 1 saturated carbocycles. The molecule has 0 radical (unpaired) electrons. The zero-order valence-electron chi connectivity index (χ0n) is 19.0. The summed E-state index contributed by atoms with van der Waals surface area (Å²) in [6.07, 6.45) is 9.67. The monoisotopic (exact) mass is 524 g/mol. The van der Waals surface area contributed by atoms with E-state index in [1.807, 2.05) is 0 Å². The molecule has 5 heteroatoms. The minimum Gasteiger partial charge on any atom is -1.00 e. The van der Waals surface area contributed by atoms with Crippen LogP contribution in [0, 0.1) is 33.6 Å². The molecule has 2 aliphatic carbocycles. The van der Waals surface area contributed by atoms with Crippen molar-refractivity contribution < 1.29 is 57.7 Å². The van der Waals surface area contributed by atoms with E-state index in [4.69, 9.17) is 0 Å². The molecule has 0 aromatic heterocycles. The van der Waals surface area contributed by atoms with E-state index in [1.165, 1.54) is 35.1 Å². The first-order valence-corrected chi connectivity index (χ1v) is 13.1. The molecule has 3 atom stereocenters. The van der Waals surface area contributed by atoms with Crippen LogP contribution < -0.4 is 47.6 Å². The Kier molecular flexibility index (Phi) is 10.4. The van der Waals surface area contributed by atoms with Gasteiger partial charge in [-0.3, -0.25) is 0 Å². The van der Waals surface area contributed by atoms with Crippen LogP contribution in [0.1, 0.15) is 42.0 Å². The predicted octanol–water partition coefficient (Wildman–Crippen LogP) is -3.72. The summed E-state index contributed by atoms with van der Waals surface area (Å²) in [5.74, 6) is 0.747. The summed E-state index contributed by atoms with van der Waals surface area (Å²) in [6, 6.07) is 14.6. The van der Waals surface area contributed by atoms with Gasteiger partial charge in [0, 0.05) is 0 Å². The summed E-state index contributed by atoms with van der Waals surface area (Å²) in [4.78, 5) is 0. The van der Waals surface area contributed by atoms with Crippen molar-refractivity contribution in [3.8, 4) is 0 Å². The van der Waals surface area contributed by atoms with E-state index in [9.17, 15) is 0 Å².